The molecule has 1 aliphatic carbocycles. The molecule has 4 rings (SSSR count). The number of nitrogens with zero attached hydrogens (tertiary/aromatic N) is 2. The van der Waals surface area contributed by atoms with Gasteiger partial charge < -0.3 is 4.52 Å². The Kier molecular flexibility index (Phi) is 3.01. The third kappa shape index (κ3) is 2.23. The fraction of sp³-hybridized carbons (Fsp3) is 0.176. The number of nitrogens with one attached hydrogen (secondary N) is 1. The third-order valence-electron chi connectivity index (χ3n) is 3.98. The molecule has 0 spiro atoms. The molecular weight excluding hydrogens is 262 g/mol. The smallest absolute Gasteiger partial charge is 0.213 e. The van der Waals surface area contributed by atoms with E-state index in [1.807, 2.05) is 0 Å². The molecule has 104 valence electrons. The van der Waals surface area contributed by atoms with Crippen molar-refractivity contribution < 1.29 is 4.52 Å². The Morgan fingerprint density at radius 1 is 1.00 bits per heavy atom. The molecule has 1 heterocycles. The Labute approximate surface area is 122 Å². The molecule has 0 bridgehead atoms. The van der Waals surface area contributed by atoms with Crippen molar-refractivity contribution in [2.45, 2.75) is 19.0 Å². The predicted octanol–water partition coefficient (Wildman–Crippen LogP) is 2.85. The molecule has 1 aromatic heterocycles. The first-order valence-corrected chi connectivity index (χ1v) is 7.06. The van der Waals surface area contributed by atoms with Crippen molar-refractivity contribution in [2.75, 3.05) is 0 Å². The third-order valence-corrected chi connectivity index (χ3v) is 3.98. The largest absolute Gasteiger partial charge is 0.343 e. The fourth-order valence-corrected chi connectivity index (χ4v) is 3.01. The lowest BCUT2D eigenvalue weighted by Crippen LogP contribution is -2.27. The van der Waals surface area contributed by atoms with Gasteiger partial charge >= 0.3 is 0 Å². The highest BCUT2D eigenvalue weighted by Crippen LogP contribution is 2.34. The average Bonchev–Trinajstić information content (AvgIpc) is 3.05. The van der Waals surface area contributed by atoms with Crippen molar-refractivity contribution in [3.63, 3.8) is 0 Å². The predicted molar refractivity (Wildman–Crippen MR) is 78.7 cm³/mol. The van der Waals surface area contributed by atoms with Crippen LogP contribution in [0.4, 0.5) is 0 Å². The zero-order valence-corrected chi connectivity index (χ0v) is 11.5. The molecule has 0 saturated carbocycles. The lowest BCUT2D eigenvalue weighted by Gasteiger charge is -2.29. The van der Waals surface area contributed by atoms with Crippen molar-refractivity contribution in [1.29, 1.82) is 0 Å². The second-order valence-corrected chi connectivity index (χ2v) is 5.24. The topological polar surface area (TPSA) is 51.0 Å². The van der Waals surface area contributed by atoms with E-state index in [-0.39, 0.29) is 6.04 Å². The van der Waals surface area contributed by atoms with Gasteiger partial charge in [0.1, 0.15) is 0 Å². The molecule has 0 fully saturated rings. The highest BCUT2D eigenvalue weighted by atomic mass is 16.5. The van der Waals surface area contributed by atoms with Crippen molar-refractivity contribution in [3.8, 4) is 0 Å². The number of benzene rings is 2. The molecule has 21 heavy (non-hydrogen) atoms. The first kappa shape index (κ1) is 12.3. The number of hydrogen-bond acceptors (Lipinski definition) is 4. The summed E-state index contributed by atoms with van der Waals surface area (Å²) in [4.78, 5) is 4.07. The zero-order valence-electron chi connectivity index (χ0n) is 11.5. The Morgan fingerprint density at radius 3 is 2.29 bits per heavy atom. The molecule has 0 unspecified atom stereocenters. The lowest BCUT2D eigenvalue weighted by atomic mass is 9.82. The number of fused-ring (bicyclic) bond motifs is 2. The fourth-order valence-electron chi connectivity index (χ4n) is 3.01. The first-order valence-electron chi connectivity index (χ1n) is 7.06. The van der Waals surface area contributed by atoms with Crippen LogP contribution in [-0.2, 0) is 13.0 Å². The van der Waals surface area contributed by atoms with E-state index >= 15 is 0 Å². The maximum atomic E-state index is 4.79. The van der Waals surface area contributed by atoms with Gasteiger partial charge in [0.15, 0.2) is 5.82 Å². The molecule has 4 nitrogen and oxygen atoms in total. The van der Waals surface area contributed by atoms with Crippen LogP contribution in [0.25, 0.3) is 0 Å². The highest BCUT2D eigenvalue weighted by Gasteiger charge is 2.24. The summed E-state index contributed by atoms with van der Waals surface area (Å²) in [6, 6.07) is 17.4. The number of rotatable bonds is 3. The summed E-state index contributed by atoms with van der Waals surface area (Å²) in [6.07, 6.45) is 2.35. The Bertz CT molecular complexity index is 707. The Morgan fingerprint density at radius 2 is 1.67 bits per heavy atom. The van der Waals surface area contributed by atoms with E-state index in [0.717, 1.165) is 6.42 Å². The van der Waals surface area contributed by atoms with Gasteiger partial charge in [0, 0.05) is 0 Å². The van der Waals surface area contributed by atoms with Gasteiger partial charge in [-0.1, -0.05) is 53.7 Å². The molecule has 2 aromatic carbocycles. The van der Waals surface area contributed by atoms with Crippen LogP contribution in [0.3, 0.4) is 0 Å². The summed E-state index contributed by atoms with van der Waals surface area (Å²) < 4.78 is 4.79. The summed E-state index contributed by atoms with van der Waals surface area (Å²) in [6.45, 7) is 0.587. The van der Waals surface area contributed by atoms with Gasteiger partial charge in [-0.15, -0.1) is 0 Å². The van der Waals surface area contributed by atoms with Gasteiger partial charge in [-0.3, -0.25) is 5.32 Å². The quantitative estimate of drug-likeness (QED) is 0.800. The van der Waals surface area contributed by atoms with E-state index in [1.54, 1.807) is 0 Å². The van der Waals surface area contributed by atoms with Gasteiger partial charge in [0.2, 0.25) is 6.39 Å². The molecule has 0 saturated heterocycles. The van der Waals surface area contributed by atoms with E-state index in [0.29, 0.717) is 12.4 Å². The Balaban J connectivity index is 1.71. The maximum absolute atomic E-state index is 4.79. The Hall–Kier alpha value is -2.46. The molecule has 1 aliphatic rings. The highest BCUT2D eigenvalue weighted by molar-refractivity contribution is 5.48. The van der Waals surface area contributed by atoms with Crippen molar-refractivity contribution in [1.82, 2.24) is 15.5 Å². The monoisotopic (exact) mass is 277 g/mol. The molecule has 0 amide bonds. The molecule has 0 atom stereocenters. The van der Waals surface area contributed by atoms with Gasteiger partial charge in [0.05, 0.1) is 12.6 Å². The summed E-state index contributed by atoms with van der Waals surface area (Å²) in [5.41, 5.74) is 5.42. The van der Waals surface area contributed by atoms with E-state index in [1.165, 1.54) is 28.6 Å². The summed E-state index contributed by atoms with van der Waals surface area (Å²) >= 11 is 0. The first-order chi connectivity index (χ1) is 10.4. The standard InChI is InChI=1S/C17H15N3O/c1-3-7-14-12(5-1)9-13-6-2-4-8-15(13)17(14)18-10-16-19-11-21-20-16/h1-8,11,17-18H,9-10H2. The minimum atomic E-state index is 0.171. The van der Waals surface area contributed by atoms with Crippen molar-refractivity contribution in [2.24, 2.45) is 0 Å². The molecule has 0 radical (unpaired) electrons. The average molecular weight is 277 g/mol. The molecular formula is C17H15N3O. The van der Waals surface area contributed by atoms with Crippen LogP contribution in [0.15, 0.2) is 59.4 Å². The van der Waals surface area contributed by atoms with E-state index in [9.17, 15) is 0 Å². The second-order valence-electron chi connectivity index (χ2n) is 5.24. The minimum Gasteiger partial charge on any atom is -0.343 e. The van der Waals surface area contributed by atoms with Gasteiger partial charge in [-0.2, -0.15) is 4.98 Å². The summed E-state index contributed by atoms with van der Waals surface area (Å²) in [7, 11) is 0. The normalized spacial score (nSPS) is 13.7. The van der Waals surface area contributed by atoms with Gasteiger partial charge in [0.25, 0.3) is 0 Å². The lowest BCUT2D eigenvalue weighted by molar-refractivity contribution is 0.405. The molecule has 4 heteroatoms. The summed E-state index contributed by atoms with van der Waals surface area (Å²) in [5, 5.41) is 7.42. The number of aromatic nitrogens is 2. The SMILES string of the molecule is c1ccc2c(c1)Cc1ccccc1C2NCc1ncon1. The van der Waals surface area contributed by atoms with Crippen molar-refractivity contribution in [3.05, 3.63) is 83.0 Å². The molecule has 0 aliphatic heterocycles. The summed E-state index contributed by atoms with van der Waals surface area (Å²) in [5.74, 6) is 0.676. The molecule has 1 N–H and O–H groups in total. The van der Waals surface area contributed by atoms with Crippen LogP contribution in [0.5, 0.6) is 0 Å². The van der Waals surface area contributed by atoms with Crippen LogP contribution in [-0.4, -0.2) is 10.1 Å². The minimum absolute atomic E-state index is 0.171. The molecule has 3 aromatic rings. The van der Waals surface area contributed by atoms with Gasteiger partial charge in [-0.25, -0.2) is 0 Å². The van der Waals surface area contributed by atoms with E-state index in [4.69, 9.17) is 4.52 Å². The number of hydrogen-bond donors (Lipinski definition) is 1. The zero-order chi connectivity index (χ0) is 14.1. The van der Waals surface area contributed by atoms with Crippen LogP contribution < -0.4 is 5.32 Å². The van der Waals surface area contributed by atoms with Gasteiger partial charge in [-0.05, 0) is 28.7 Å². The second kappa shape index (κ2) is 5.14. The van der Waals surface area contributed by atoms with E-state index < -0.39 is 0 Å². The van der Waals surface area contributed by atoms with Crippen LogP contribution in [0, 0.1) is 0 Å². The van der Waals surface area contributed by atoms with Crippen LogP contribution >= 0.6 is 0 Å². The van der Waals surface area contributed by atoms with Crippen molar-refractivity contribution >= 4 is 0 Å². The maximum Gasteiger partial charge on any atom is 0.213 e. The van der Waals surface area contributed by atoms with Crippen LogP contribution in [0.1, 0.15) is 34.1 Å². The van der Waals surface area contributed by atoms with E-state index in [2.05, 4.69) is 64.0 Å². The van der Waals surface area contributed by atoms with Crippen LogP contribution in [0.2, 0.25) is 0 Å².